The number of halogens is 2. The number of hydrogen-bond acceptors (Lipinski definition) is 3. The Morgan fingerprint density at radius 2 is 1.68 bits per heavy atom. The SMILES string of the molecule is Cl.Fc1cccc2c1O[C@@H]1CN(Cc3ccccc3)C[C@H]1O2. The number of benzene rings is 2. The molecule has 2 atom stereocenters. The minimum absolute atomic E-state index is 0. The first-order valence-electron chi connectivity index (χ1n) is 7.18. The highest BCUT2D eigenvalue weighted by Gasteiger charge is 2.40. The zero-order chi connectivity index (χ0) is 14.2. The smallest absolute Gasteiger partial charge is 0.197 e. The summed E-state index contributed by atoms with van der Waals surface area (Å²) in [6.45, 7) is 2.42. The fourth-order valence-electron chi connectivity index (χ4n) is 3.03. The van der Waals surface area contributed by atoms with Crippen LogP contribution in [0.15, 0.2) is 48.5 Å². The highest BCUT2D eigenvalue weighted by Crippen LogP contribution is 2.38. The van der Waals surface area contributed by atoms with Crippen molar-refractivity contribution in [1.29, 1.82) is 0 Å². The number of nitrogens with zero attached hydrogens (tertiary/aromatic N) is 1. The van der Waals surface area contributed by atoms with Crippen molar-refractivity contribution in [3.05, 3.63) is 59.9 Å². The summed E-state index contributed by atoms with van der Waals surface area (Å²) >= 11 is 0. The summed E-state index contributed by atoms with van der Waals surface area (Å²) in [5.74, 6) is 0.408. The van der Waals surface area contributed by atoms with Crippen molar-refractivity contribution in [2.24, 2.45) is 0 Å². The molecule has 0 bridgehead atoms. The molecule has 0 saturated carbocycles. The van der Waals surface area contributed by atoms with Gasteiger partial charge in [-0.05, 0) is 17.7 Å². The van der Waals surface area contributed by atoms with Crippen LogP contribution in [0.25, 0.3) is 0 Å². The van der Waals surface area contributed by atoms with Crippen molar-refractivity contribution in [2.45, 2.75) is 18.8 Å². The van der Waals surface area contributed by atoms with Crippen molar-refractivity contribution < 1.29 is 13.9 Å². The molecule has 2 aliphatic rings. The molecule has 1 fully saturated rings. The van der Waals surface area contributed by atoms with Gasteiger partial charge >= 0.3 is 0 Å². The van der Waals surface area contributed by atoms with Crippen LogP contribution in [-0.4, -0.2) is 30.2 Å². The molecule has 22 heavy (non-hydrogen) atoms. The Bertz CT molecular complexity index is 652. The van der Waals surface area contributed by atoms with E-state index < -0.39 is 0 Å². The fourth-order valence-corrected chi connectivity index (χ4v) is 3.03. The van der Waals surface area contributed by atoms with Gasteiger partial charge in [-0.3, -0.25) is 4.90 Å². The highest BCUT2D eigenvalue weighted by molar-refractivity contribution is 5.85. The lowest BCUT2D eigenvalue weighted by molar-refractivity contribution is 0.0510. The predicted molar refractivity (Wildman–Crippen MR) is 84.2 cm³/mol. The first-order valence-corrected chi connectivity index (χ1v) is 7.18. The Morgan fingerprint density at radius 1 is 0.955 bits per heavy atom. The van der Waals surface area contributed by atoms with Crippen LogP contribution in [0.5, 0.6) is 11.5 Å². The maximum atomic E-state index is 13.8. The molecule has 0 amide bonds. The summed E-state index contributed by atoms with van der Waals surface area (Å²) in [6.07, 6.45) is -0.124. The van der Waals surface area contributed by atoms with E-state index in [1.165, 1.54) is 11.6 Å². The summed E-state index contributed by atoms with van der Waals surface area (Å²) in [6, 6.07) is 15.1. The summed E-state index contributed by atoms with van der Waals surface area (Å²) in [7, 11) is 0. The van der Waals surface area contributed by atoms with Crippen LogP contribution < -0.4 is 9.47 Å². The van der Waals surface area contributed by atoms with E-state index in [1.54, 1.807) is 12.1 Å². The maximum Gasteiger partial charge on any atom is 0.197 e. The molecule has 2 aromatic carbocycles. The average Bonchev–Trinajstić information content (AvgIpc) is 2.88. The highest BCUT2D eigenvalue weighted by atomic mass is 35.5. The summed E-state index contributed by atoms with van der Waals surface area (Å²) in [4.78, 5) is 2.29. The van der Waals surface area contributed by atoms with E-state index in [-0.39, 0.29) is 36.2 Å². The quantitative estimate of drug-likeness (QED) is 0.847. The van der Waals surface area contributed by atoms with Gasteiger partial charge in [-0.15, -0.1) is 12.4 Å². The molecule has 116 valence electrons. The molecule has 4 rings (SSSR count). The Morgan fingerprint density at radius 3 is 2.45 bits per heavy atom. The van der Waals surface area contributed by atoms with Crippen molar-refractivity contribution >= 4 is 12.4 Å². The normalized spacial score (nSPS) is 22.8. The Balaban J connectivity index is 0.00000144. The second-order valence-corrected chi connectivity index (χ2v) is 5.56. The Kier molecular flexibility index (Phi) is 4.23. The zero-order valence-corrected chi connectivity index (χ0v) is 12.8. The molecule has 0 N–H and O–H groups in total. The Labute approximate surface area is 135 Å². The predicted octanol–water partition coefficient (Wildman–Crippen LogP) is 3.27. The first-order chi connectivity index (χ1) is 10.3. The van der Waals surface area contributed by atoms with Gasteiger partial charge in [-0.2, -0.15) is 0 Å². The van der Waals surface area contributed by atoms with Gasteiger partial charge in [0.25, 0.3) is 0 Å². The molecular formula is C17H17ClFNO2. The molecule has 0 spiro atoms. The lowest BCUT2D eigenvalue weighted by Gasteiger charge is -2.28. The van der Waals surface area contributed by atoms with E-state index in [1.807, 2.05) is 18.2 Å². The number of para-hydroxylation sites is 1. The van der Waals surface area contributed by atoms with Gasteiger partial charge in [0.1, 0.15) is 12.2 Å². The molecule has 2 heterocycles. The lowest BCUT2D eigenvalue weighted by atomic mass is 10.2. The lowest BCUT2D eigenvalue weighted by Crippen LogP contribution is -2.38. The third-order valence-corrected chi connectivity index (χ3v) is 4.02. The largest absolute Gasteiger partial charge is 0.481 e. The summed E-state index contributed by atoms with van der Waals surface area (Å²) in [5.41, 5.74) is 1.26. The minimum Gasteiger partial charge on any atom is -0.481 e. The van der Waals surface area contributed by atoms with Crippen LogP contribution in [0.2, 0.25) is 0 Å². The van der Waals surface area contributed by atoms with Crippen molar-refractivity contribution in [3.8, 4) is 11.5 Å². The monoisotopic (exact) mass is 321 g/mol. The number of likely N-dealkylation sites (tertiary alicyclic amines) is 1. The second kappa shape index (κ2) is 6.15. The molecule has 0 unspecified atom stereocenters. The van der Waals surface area contributed by atoms with Crippen LogP contribution in [-0.2, 0) is 6.54 Å². The maximum absolute atomic E-state index is 13.8. The number of hydrogen-bond donors (Lipinski definition) is 0. The van der Waals surface area contributed by atoms with Gasteiger partial charge in [0, 0.05) is 19.6 Å². The van der Waals surface area contributed by atoms with Gasteiger partial charge in [-0.25, -0.2) is 4.39 Å². The molecule has 3 nitrogen and oxygen atoms in total. The van der Waals surface area contributed by atoms with Gasteiger partial charge in [0.15, 0.2) is 17.3 Å². The van der Waals surface area contributed by atoms with Gasteiger partial charge in [0.05, 0.1) is 0 Å². The van der Waals surface area contributed by atoms with E-state index in [0.29, 0.717) is 5.75 Å². The van der Waals surface area contributed by atoms with E-state index in [9.17, 15) is 4.39 Å². The van der Waals surface area contributed by atoms with Crippen molar-refractivity contribution in [2.75, 3.05) is 13.1 Å². The van der Waals surface area contributed by atoms with Crippen LogP contribution in [0.1, 0.15) is 5.56 Å². The summed E-state index contributed by atoms with van der Waals surface area (Å²) < 4.78 is 25.5. The molecule has 5 heteroatoms. The zero-order valence-electron chi connectivity index (χ0n) is 11.9. The standard InChI is InChI=1S/C17H16FNO2.ClH/c18-13-7-4-8-14-17(13)21-16-11-19(10-15(16)20-14)9-12-5-2-1-3-6-12;/h1-8,15-16H,9-11H2;1H/t15-,16-;/m1./s1. The minimum atomic E-state index is -0.354. The molecule has 2 aliphatic heterocycles. The number of ether oxygens (including phenoxy) is 2. The van der Waals surface area contributed by atoms with Crippen molar-refractivity contribution in [3.63, 3.8) is 0 Å². The summed E-state index contributed by atoms with van der Waals surface area (Å²) in [5, 5.41) is 0. The third-order valence-electron chi connectivity index (χ3n) is 4.02. The van der Waals surface area contributed by atoms with E-state index in [4.69, 9.17) is 9.47 Å². The van der Waals surface area contributed by atoms with Crippen molar-refractivity contribution in [1.82, 2.24) is 4.90 Å². The molecular weight excluding hydrogens is 305 g/mol. The second-order valence-electron chi connectivity index (χ2n) is 5.56. The number of rotatable bonds is 2. The van der Waals surface area contributed by atoms with Crippen LogP contribution in [0.3, 0.4) is 0 Å². The third kappa shape index (κ3) is 2.76. The van der Waals surface area contributed by atoms with E-state index >= 15 is 0 Å². The molecule has 0 radical (unpaired) electrons. The van der Waals surface area contributed by atoms with Crippen LogP contribution in [0.4, 0.5) is 4.39 Å². The molecule has 0 aromatic heterocycles. The van der Waals surface area contributed by atoms with Crippen LogP contribution in [0, 0.1) is 5.82 Å². The van der Waals surface area contributed by atoms with Crippen LogP contribution >= 0.6 is 12.4 Å². The average molecular weight is 322 g/mol. The van der Waals surface area contributed by atoms with E-state index in [2.05, 4.69) is 17.0 Å². The van der Waals surface area contributed by atoms with Gasteiger partial charge in [0.2, 0.25) is 0 Å². The Hall–Kier alpha value is -1.78. The van der Waals surface area contributed by atoms with Gasteiger partial charge in [-0.1, -0.05) is 36.4 Å². The fraction of sp³-hybridized carbons (Fsp3) is 0.294. The number of fused-ring (bicyclic) bond motifs is 2. The van der Waals surface area contributed by atoms with E-state index in [0.717, 1.165) is 19.6 Å². The first kappa shape index (κ1) is 15.1. The molecule has 1 saturated heterocycles. The molecule has 2 aromatic rings. The molecule has 0 aliphatic carbocycles. The van der Waals surface area contributed by atoms with Gasteiger partial charge < -0.3 is 9.47 Å². The topological polar surface area (TPSA) is 21.7 Å².